The lowest BCUT2D eigenvalue weighted by Crippen LogP contribution is -1.96. The molecule has 1 unspecified atom stereocenters. The molecule has 0 saturated heterocycles. The summed E-state index contributed by atoms with van der Waals surface area (Å²) >= 11 is 0. The Bertz CT molecular complexity index is 368. The second kappa shape index (κ2) is 3.44. The van der Waals surface area contributed by atoms with E-state index in [1.807, 2.05) is 6.07 Å². The molecule has 0 aromatic heterocycles. The van der Waals surface area contributed by atoms with Crippen LogP contribution < -0.4 is 0 Å². The van der Waals surface area contributed by atoms with E-state index in [9.17, 15) is 9.50 Å². The van der Waals surface area contributed by atoms with Crippen molar-refractivity contribution < 1.29 is 9.50 Å². The second-order valence-electron chi connectivity index (χ2n) is 2.98. The third-order valence-corrected chi connectivity index (χ3v) is 2.01. The van der Waals surface area contributed by atoms with Gasteiger partial charge in [0, 0.05) is 5.56 Å². The summed E-state index contributed by atoms with van der Waals surface area (Å²) in [7, 11) is 0. The lowest BCUT2D eigenvalue weighted by Gasteiger charge is -2.09. The van der Waals surface area contributed by atoms with Crippen LogP contribution in [0.1, 0.15) is 24.0 Å². The molecule has 68 valence electrons. The van der Waals surface area contributed by atoms with E-state index in [0.29, 0.717) is 5.56 Å². The Labute approximate surface area is 76.2 Å². The molecule has 0 saturated carbocycles. The van der Waals surface area contributed by atoms with E-state index in [1.54, 1.807) is 19.9 Å². The number of phenols is 1. The number of aryl methyl sites for hydroxylation is 1. The molecule has 0 aliphatic rings. The highest BCUT2D eigenvalue weighted by Gasteiger charge is 2.15. The zero-order valence-electron chi connectivity index (χ0n) is 7.50. The minimum atomic E-state index is -0.678. The number of phenolic OH excluding ortho intramolecular Hbond substituents is 1. The van der Waals surface area contributed by atoms with Crippen molar-refractivity contribution in [3.63, 3.8) is 0 Å². The fourth-order valence-electron chi connectivity index (χ4n) is 1.29. The predicted molar refractivity (Wildman–Crippen MR) is 46.8 cm³/mol. The molecule has 1 rings (SSSR count). The maximum absolute atomic E-state index is 12.9. The van der Waals surface area contributed by atoms with Crippen LogP contribution >= 0.6 is 0 Å². The van der Waals surface area contributed by atoms with Crippen molar-refractivity contribution in [3.05, 3.63) is 29.1 Å². The first-order valence-corrected chi connectivity index (χ1v) is 3.95. The van der Waals surface area contributed by atoms with Crippen molar-refractivity contribution >= 4 is 0 Å². The minimum absolute atomic E-state index is 0.377. The Kier molecular flexibility index (Phi) is 2.52. The Morgan fingerprint density at radius 3 is 2.69 bits per heavy atom. The van der Waals surface area contributed by atoms with Gasteiger partial charge in [0.05, 0.1) is 12.0 Å². The van der Waals surface area contributed by atoms with Gasteiger partial charge in [-0.2, -0.15) is 5.26 Å². The molecule has 0 fully saturated rings. The number of halogens is 1. The number of nitrogens with zero attached hydrogens (tertiary/aromatic N) is 1. The molecular formula is C10H10FNO. The average molecular weight is 179 g/mol. The van der Waals surface area contributed by atoms with E-state index in [2.05, 4.69) is 0 Å². The third-order valence-electron chi connectivity index (χ3n) is 2.01. The number of aromatic hydroxyl groups is 1. The van der Waals surface area contributed by atoms with E-state index < -0.39 is 17.5 Å². The first-order valence-electron chi connectivity index (χ1n) is 3.95. The van der Waals surface area contributed by atoms with Crippen molar-refractivity contribution in [1.29, 1.82) is 5.26 Å². The maximum atomic E-state index is 12.9. The monoisotopic (exact) mass is 179 g/mol. The molecule has 13 heavy (non-hydrogen) atoms. The molecule has 0 heterocycles. The summed E-state index contributed by atoms with van der Waals surface area (Å²) in [5.74, 6) is -1.58. The molecule has 0 amide bonds. The molecule has 0 spiro atoms. The van der Waals surface area contributed by atoms with Gasteiger partial charge >= 0.3 is 0 Å². The van der Waals surface area contributed by atoms with Crippen LogP contribution in [0.3, 0.4) is 0 Å². The van der Waals surface area contributed by atoms with Gasteiger partial charge in [0.2, 0.25) is 0 Å². The van der Waals surface area contributed by atoms with Crippen LogP contribution in [0.25, 0.3) is 0 Å². The first kappa shape index (κ1) is 9.53. The molecule has 0 aliphatic heterocycles. The number of nitriles is 1. The fraction of sp³-hybridized carbons (Fsp3) is 0.300. The van der Waals surface area contributed by atoms with Gasteiger partial charge in [0.15, 0.2) is 11.6 Å². The highest BCUT2D eigenvalue weighted by molar-refractivity contribution is 5.44. The summed E-state index contributed by atoms with van der Waals surface area (Å²) in [5.41, 5.74) is 1.11. The largest absolute Gasteiger partial charge is 0.505 e. The van der Waals surface area contributed by atoms with Crippen molar-refractivity contribution in [1.82, 2.24) is 0 Å². The standard InChI is InChI=1S/C10H10FNO/c1-6-3-4-8(11)10(13)9(6)7(2)5-12/h3-4,7,13H,1-2H3. The van der Waals surface area contributed by atoms with Gasteiger partial charge < -0.3 is 5.11 Å². The summed E-state index contributed by atoms with van der Waals surface area (Å²) in [5, 5.41) is 18.0. The molecule has 0 radical (unpaired) electrons. The number of hydrogen-bond donors (Lipinski definition) is 1. The van der Waals surface area contributed by atoms with Crippen molar-refractivity contribution in [2.24, 2.45) is 0 Å². The van der Waals surface area contributed by atoms with Gasteiger partial charge in [-0.1, -0.05) is 6.07 Å². The van der Waals surface area contributed by atoms with Gasteiger partial charge in [-0.05, 0) is 25.5 Å². The smallest absolute Gasteiger partial charge is 0.165 e. The van der Waals surface area contributed by atoms with Crippen LogP contribution in [0, 0.1) is 24.1 Å². The molecular weight excluding hydrogens is 169 g/mol. The Balaban J connectivity index is 3.35. The second-order valence-corrected chi connectivity index (χ2v) is 2.98. The molecule has 3 heteroatoms. The van der Waals surface area contributed by atoms with Crippen LogP contribution in [-0.4, -0.2) is 5.11 Å². The van der Waals surface area contributed by atoms with Crippen molar-refractivity contribution in [3.8, 4) is 11.8 Å². The zero-order valence-corrected chi connectivity index (χ0v) is 7.50. The Morgan fingerprint density at radius 1 is 1.54 bits per heavy atom. The van der Waals surface area contributed by atoms with E-state index in [1.165, 1.54) is 6.07 Å². The van der Waals surface area contributed by atoms with Crippen molar-refractivity contribution in [2.75, 3.05) is 0 Å². The molecule has 1 aromatic carbocycles. The Morgan fingerprint density at radius 2 is 2.15 bits per heavy atom. The zero-order chi connectivity index (χ0) is 10.0. The molecule has 1 N–H and O–H groups in total. The SMILES string of the molecule is Cc1ccc(F)c(O)c1C(C)C#N. The summed E-state index contributed by atoms with van der Waals surface area (Å²) in [6.45, 7) is 3.36. The lowest BCUT2D eigenvalue weighted by atomic mass is 9.96. The van der Waals surface area contributed by atoms with Crippen LogP contribution in [0.15, 0.2) is 12.1 Å². The van der Waals surface area contributed by atoms with Gasteiger partial charge in [-0.25, -0.2) is 4.39 Å². The van der Waals surface area contributed by atoms with Gasteiger partial charge in [0.25, 0.3) is 0 Å². The fourth-order valence-corrected chi connectivity index (χ4v) is 1.29. The Hall–Kier alpha value is -1.56. The van der Waals surface area contributed by atoms with Gasteiger partial charge in [-0.15, -0.1) is 0 Å². The van der Waals surface area contributed by atoms with Crippen molar-refractivity contribution in [2.45, 2.75) is 19.8 Å². The number of benzene rings is 1. The molecule has 2 nitrogen and oxygen atoms in total. The number of rotatable bonds is 1. The highest BCUT2D eigenvalue weighted by Crippen LogP contribution is 2.30. The molecule has 1 atom stereocenters. The van der Waals surface area contributed by atoms with Crippen LogP contribution in [0.2, 0.25) is 0 Å². The quantitative estimate of drug-likeness (QED) is 0.719. The average Bonchev–Trinajstić information content (AvgIpc) is 2.12. The third kappa shape index (κ3) is 1.62. The number of hydrogen-bond acceptors (Lipinski definition) is 2. The van der Waals surface area contributed by atoms with E-state index in [0.717, 1.165) is 5.56 Å². The van der Waals surface area contributed by atoms with E-state index in [4.69, 9.17) is 5.26 Å². The maximum Gasteiger partial charge on any atom is 0.165 e. The predicted octanol–water partition coefficient (Wildman–Crippen LogP) is 2.47. The van der Waals surface area contributed by atoms with E-state index in [-0.39, 0.29) is 0 Å². The van der Waals surface area contributed by atoms with Crippen LogP contribution in [0.4, 0.5) is 4.39 Å². The molecule has 0 aliphatic carbocycles. The summed E-state index contributed by atoms with van der Waals surface area (Å²) in [6, 6.07) is 4.71. The van der Waals surface area contributed by atoms with Crippen LogP contribution in [0.5, 0.6) is 5.75 Å². The van der Waals surface area contributed by atoms with Gasteiger partial charge in [0.1, 0.15) is 0 Å². The summed E-state index contributed by atoms with van der Waals surface area (Å²) in [4.78, 5) is 0. The summed E-state index contributed by atoms with van der Waals surface area (Å²) < 4.78 is 12.9. The molecule has 0 bridgehead atoms. The normalized spacial score (nSPS) is 12.2. The lowest BCUT2D eigenvalue weighted by molar-refractivity contribution is 0.424. The summed E-state index contributed by atoms with van der Waals surface area (Å²) in [6.07, 6.45) is 0. The molecule has 1 aromatic rings. The van der Waals surface area contributed by atoms with E-state index >= 15 is 0 Å². The van der Waals surface area contributed by atoms with Crippen LogP contribution in [-0.2, 0) is 0 Å². The highest BCUT2D eigenvalue weighted by atomic mass is 19.1. The minimum Gasteiger partial charge on any atom is -0.505 e. The first-order chi connectivity index (χ1) is 6.07. The topological polar surface area (TPSA) is 44.0 Å². The van der Waals surface area contributed by atoms with Gasteiger partial charge in [-0.3, -0.25) is 0 Å².